The first kappa shape index (κ1) is 17.6. The molecular weight excluding hydrogens is 294 g/mol. The summed E-state index contributed by atoms with van der Waals surface area (Å²) in [5, 5.41) is 3.02. The molecule has 1 aromatic rings. The standard InChI is InChI=1S/C18H27NO4/c1-18(2,12-19-17(20)11-14-6-5-9-23-14)13-7-8-15(21-3)16(10-13)22-4/h7-8,10,14H,5-6,9,11-12H2,1-4H3,(H,19,20)/t14-/m0/s1. The van der Waals surface area contributed by atoms with Crippen LogP contribution in [0.4, 0.5) is 0 Å². The summed E-state index contributed by atoms with van der Waals surface area (Å²) in [4.78, 5) is 12.1. The van der Waals surface area contributed by atoms with Gasteiger partial charge in [0.15, 0.2) is 11.5 Å². The van der Waals surface area contributed by atoms with E-state index in [2.05, 4.69) is 19.2 Å². The number of hydrogen-bond donors (Lipinski definition) is 1. The number of rotatable bonds is 7. The Morgan fingerprint density at radius 3 is 2.65 bits per heavy atom. The van der Waals surface area contributed by atoms with Gasteiger partial charge in [0.1, 0.15) is 0 Å². The van der Waals surface area contributed by atoms with Crippen LogP contribution in [0.1, 0.15) is 38.7 Å². The summed E-state index contributed by atoms with van der Waals surface area (Å²) in [5.74, 6) is 1.45. The number of nitrogens with one attached hydrogen (secondary N) is 1. The van der Waals surface area contributed by atoms with Gasteiger partial charge in [0.25, 0.3) is 0 Å². The normalized spacial score (nSPS) is 17.8. The number of carbonyl (C=O) groups is 1. The van der Waals surface area contributed by atoms with E-state index in [-0.39, 0.29) is 17.4 Å². The van der Waals surface area contributed by atoms with E-state index in [1.807, 2.05) is 18.2 Å². The highest BCUT2D eigenvalue weighted by atomic mass is 16.5. The van der Waals surface area contributed by atoms with Gasteiger partial charge in [-0.25, -0.2) is 0 Å². The molecule has 0 aromatic heterocycles. The van der Waals surface area contributed by atoms with Crippen LogP contribution >= 0.6 is 0 Å². The minimum atomic E-state index is -0.203. The summed E-state index contributed by atoms with van der Waals surface area (Å²) < 4.78 is 16.1. The zero-order valence-electron chi connectivity index (χ0n) is 14.5. The van der Waals surface area contributed by atoms with E-state index in [1.165, 1.54) is 0 Å². The molecule has 5 nitrogen and oxygen atoms in total. The predicted octanol–water partition coefficient (Wildman–Crippen LogP) is 2.67. The molecule has 23 heavy (non-hydrogen) atoms. The lowest BCUT2D eigenvalue weighted by Crippen LogP contribution is -2.37. The number of amides is 1. The van der Waals surface area contributed by atoms with Gasteiger partial charge in [-0.05, 0) is 30.5 Å². The lowest BCUT2D eigenvalue weighted by atomic mass is 9.84. The van der Waals surface area contributed by atoms with Crippen LogP contribution in [0.25, 0.3) is 0 Å². The first-order valence-corrected chi connectivity index (χ1v) is 8.07. The molecular formula is C18H27NO4. The van der Waals surface area contributed by atoms with E-state index in [1.54, 1.807) is 14.2 Å². The third-order valence-electron chi connectivity index (χ3n) is 4.33. The first-order chi connectivity index (χ1) is 11.0. The molecule has 1 aromatic carbocycles. The molecule has 1 aliphatic heterocycles. The van der Waals surface area contributed by atoms with Gasteiger partial charge in [-0.1, -0.05) is 19.9 Å². The smallest absolute Gasteiger partial charge is 0.222 e. The van der Waals surface area contributed by atoms with Gasteiger partial charge >= 0.3 is 0 Å². The maximum Gasteiger partial charge on any atom is 0.222 e. The van der Waals surface area contributed by atoms with E-state index in [0.29, 0.717) is 24.5 Å². The molecule has 1 fully saturated rings. The van der Waals surface area contributed by atoms with Crippen molar-refractivity contribution < 1.29 is 19.0 Å². The highest BCUT2D eigenvalue weighted by molar-refractivity contribution is 5.76. The van der Waals surface area contributed by atoms with Crippen molar-refractivity contribution in [2.45, 2.75) is 44.6 Å². The summed E-state index contributed by atoms with van der Waals surface area (Å²) in [7, 11) is 3.24. The van der Waals surface area contributed by atoms with Crippen LogP contribution in [-0.2, 0) is 14.9 Å². The molecule has 1 amide bonds. The largest absolute Gasteiger partial charge is 0.493 e. The van der Waals surface area contributed by atoms with Crippen molar-refractivity contribution in [3.05, 3.63) is 23.8 Å². The fourth-order valence-electron chi connectivity index (χ4n) is 2.76. The van der Waals surface area contributed by atoms with Gasteiger partial charge in [0.2, 0.25) is 5.91 Å². The Kier molecular flexibility index (Phi) is 5.88. The van der Waals surface area contributed by atoms with E-state index in [0.717, 1.165) is 25.0 Å². The van der Waals surface area contributed by atoms with Gasteiger partial charge in [0, 0.05) is 18.6 Å². The Morgan fingerprint density at radius 1 is 1.30 bits per heavy atom. The van der Waals surface area contributed by atoms with Crippen molar-refractivity contribution >= 4 is 5.91 Å². The lowest BCUT2D eigenvalue weighted by molar-refractivity contribution is -0.123. The van der Waals surface area contributed by atoms with Gasteiger partial charge in [-0.3, -0.25) is 4.79 Å². The number of ether oxygens (including phenoxy) is 3. The fourth-order valence-corrected chi connectivity index (χ4v) is 2.76. The Morgan fingerprint density at radius 2 is 2.04 bits per heavy atom. The van der Waals surface area contributed by atoms with Crippen molar-refractivity contribution in [1.82, 2.24) is 5.32 Å². The molecule has 0 aliphatic carbocycles. The topological polar surface area (TPSA) is 56.8 Å². The Labute approximate surface area is 138 Å². The van der Waals surface area contributed by atoms with Crippen LogP contribution in [0, 0.1) is 0 Å². The molecule has 1 atom stereocenters. The number of hydrogen-bond acceptors (Lipinski definition) is 4. The molecule has 0 unspecified atom stereocenters. The quantitative estimate of drug-likeness (QED) is 0.839. The molecule has 0 radical (unpaired) electrons. The van der Waals surface area contributed by atoms with Crippen LogP contribution in [0.3, 0.4) is 0 Å². The van der Waals surface area contributed by atoms with E-state index >= 15 is 0 Å². The fraction of sp³-hybridized carbons (Fsp3) is 0.611. The van der Waals surface area contributed by atoms with Gasteiger partial charge in [-0.2, -0.15) is 0 Å². The summed E-state index contributed by atoms with van der Waals surface area (Å²) >= 11 is 0. The summed E-state index contributed by atoms with van der Waals surface area (Å²) in [6, 6.07) is 5.86. The number of methoxy groups -OCH3 is 2. The third kappa shape index (κ3) is 4.61. The highest BCUT2D eigenvalue weighted by Gasteiger charge is 2.24. The number of carbonyl (C=O) groups excluding carboxylic acids is 1. The second kappa shape index (κ2) is 7.68. The Hall–Kier alpha value is -1.75. The molecule has 0 saturated carbocycles. The molecule has 1 N–H and O–H groups in total. The van der Waals surface area contributed by atoms with Gasteiger partial charge < -0.3 is 19.5 Å². The van der Waals surface area contributed by atoms with Crippen LogP contribution in [0.5, 0.6) is 11.5 Å². The monoisotopic (exact) mass is 321 g/mol. The maximum atomic E-state index is 12.1. The maximum absolute atomic E-state index is 12.1. The average Bonchev–Trinajstić information content (AvgIpc) is 3.05. The summed E-state index contributed by atoms with van der Waals surface area (Å²) in [5.41, 5.74) is 0.888. The summed E-state index contributed by atoms with van der Waals surface area (Å²) in [6.07, 6.45) is 2.56. The molecule has 128 valence electrons. The molecule has 2 rings (SSSR count). The number of benzene rings is 1. The van der Waals surface area contributed by atoms with E-state index in [4.69, 9.17) is 14.2 Å². The first-order valence-electron chi connectivity index (χ1n) is 8.07. The molecule has 1 heterocycles. The van der Waals surface area contributed by atoms with Crippen molar-refractivity contribution in [2.75, 3.05) is 27.4 Å². The molecule has 5 heteroatoms. The minimum absolute atomic E-state index is 0.0467. The van der Waals surface area contributed by atoms with Crippen LogP contribution in [-0.4, -0.2) is 39.4 Å². The van der Waals surface area contributed by atoms with Gasteiger partial charge in [-0.15, -0.1) is 0 Å². The zero-order valence-corrected chi connectivity index (χ0v) is 14.5. The second-order valence-electron chi connectivity index (χ2n) is 6.57. The van der Waals surface area contributed by atoms with Crippen LogP contribution in [0.15, 0.2) is 18.2 Å². The van der Waals surface area contributed by atoms with Crippen LogP contribution in [0.2, 0.25) is 0 Å². The van der Waals surface area contributed by atoms with E-state index in [9.17, 15) is 4.79 Å². The molecule has 0 spiro atoms. The van der Waals surface area contributed by atoms with Crippen molar-refractivity contribution in [1.29, 1.82) is 0 Å². The Balaban J connectivity index is 1.96. The van der Waals surface area contributed by atoms with Crippen LogP contribution < -0.4 is 14.8 Å². The average molecular weight is 321 g/mol. The highest BCUT2D eigenvalue weighted by Crippen LogP contribution is 2.32. The second-order valence-corrected chi connectivity index (χ2v) is 6.57. The zero-order chi connectivity index (χ0) is 16.9. The van der Waals surface area contributed by atoms with Crippen molar-refractivity contribution in [2.24, 2.45) is 0 Å². The third-order valence-corrected chi connectivity index (χ3v) is 4.33. The summed E-state index contributed by atoms with van der Waals surface area (Å²) in [6.45, 7) is 5.53. The van der Waals surface area contributed by atoms with Crippen molar-refractivity contribution in [3.63, 3.8) is 0 Å². The van der Waals surface area contributed by atoms with Gasteiger partial charge in [0.05, 0.1) is 26.7 Å². The SMILES string of the molecule is COc1ccc(C(C)(C)CNC(=O)C[C@@H]2CCCO2)cc1OC. The lowest BCUT2D eigenvalue weighted by Gasteiger charge is -2.26. The van der Waals surface area contributed by atoms with Crippen molar-refractivity contribution in [3.8, 4) is 11.5 Å². The van der Waals surface area contributed by atoms with E-state index < -0.39 is 0 Å². The molecule has 1 aliphatic rings. The molecule has 0 bridgehead atoms. The molecule has 1 saturated heterocycles. The Bertz CT molecular complexity index is 536. The predicted molar refractivity (Wildman–Crippen MR) is 89.2 cm³/mol. The minimum Gasteiger partial charge on any atom is -0.493 e.